The van der Waals surface area contributed by atoms with E-state index in [1.54, 1.807) is 0 Å². The van der Waals surface area contributed by atoms with Crippen molar-refractivity contribution < 1.29 is 19.4 Å². The summed E-state index contributed by atoms with van der Waals surface area (Å²) in [6, 6.07) is 17.0. The summed E-state index contributed by atoms with van der Waals surface area (Å²) in [4.78, 5) is 28.9. The number of hydrogen-bond acceptors (Lipinski definition) is 4. The molecule has 2 saturated carbocycles. The number of nitrogens with zero attached hydrogens (tertiary/aromatic N) is 1. The van der Waals surface area contributed by atoms with E-state index in [1.807, 2.05) is 59.5 Å². The fourth-order valence-electron chi connectivity index (χ4n) is 6.13. The molecule has 0 radical (unpaired) electrons. The molecule has 2 amide bonds. The van der Waals surface area contributed by atoms with Crippen molar-refractivity contribution in [2.75, 3.05) is 6.54 Å². The standard InChI is InChI=1S/C32H42N2O4/c35-30(21-23-9-4-5-10-23)28(20-24-16-17-24)31(36)33-29-15-6-7-18-34(32(29)37)22-25-11-8-14-27(19-25)38-26-12-2-1-3-13-26/h1-3,8,11-14,19,23-24,28-30,35H,4-7,9-10,15-18,20-22H2,(H,33,36)/t28-,29?,30+/m1/s1. The fourth-order valence-corrected chi connectivity index (χ4v) is 6.13. The number of carbonyl (C=O) groups is 2. The molecule has 1 unspecified atom stereocenters. The zero-order valence-corrected chi connectivity index (χ0v) is 22.4. The number of para-hydroxylation sites is 1. The van der Waals surface area contributed by atoms with Gasteiger partial charge in [0.05, 0.1) is 12.0 Å². The average molecular weight is 519 g/mol. The minimum absolute atomic E-state index is 0.0271. The predicted octanol–water partition coefficient (Wildman–Crippen LogP) is 5.83. The van der Waals surface area contributed by atoms with Crippen LogP contribution in [0.3, 0.4) is 0 Å². The highest BCUT2D eigenvalue weighted by atomic mass is 16.5. The van der Waals surface area contributed by atoms with Crippen LogP contribution in [-0.4, -0.2) is 40.5 Å². The van der Waals surface area contributed by atoms with E-state index in [2.05, 4.69) is 5.32 Å². The van der Waals surface area contributed by atoms with Gasteiger partial charge in [0.2, 0.25) is 11.8 Å². The maximum absolute atomic E-state index is 13.6. The largest absolute Gasteiger partial charge is 0.457 e. The summed E-state index contributed by atoms with van der Waals surface area (Å²) < 4.78 is 5.98. The quantitative estimate of drug-likeness (QED) is 0.392. The Bertz CT molecular complexity index is 1060. The number of carbonyl (C=O) groups excluding carboxylic acids is 2. The van der Waals surface area contributed by atoms with Crippen molar-refractivity contribution in [3.63, 3.8) is 0 Å². The van der Waals surface area contributed by atoms with Crippen LogP contribution in [0.4, 0.5) is 0 Å². The Labute approximate surface area is 226 Å². The molecule has 1 aliphatic heterocycles. The van der Waals surface area contributed by atoms with E-state index in [1.165, 1.54) is 12.8 Å². The average Bonchev–Trinajstić information content (AvgIpc) is 3.64. The minimum Gasteiger partial charge on any atom is -0.457 e. The summed E-state index contributed by atoms with van der Waals surface area (Å²) in [5, 5.41) is 14.2. The van der Waals surface area contributed by atoms with E-state index in [-0.39, 0.29) is 11.8 Å². The molecule has 1 heterocycles. The molecule has 5 rings (SSSR count). The Morgan fingerprint density at radius 3 is 2.37 bits per heavy atom. The van der Waals surface area contributed by atoms with E-state index in [0.717, 1.165) is 62.0 Å². The molecule has 6 heteroatoms. The molecule has 1 saturated heterocycles. The van der Waals surface area contributed by atoms with Crippen molar-refractivity contribution in [1.29, 1.82) is 0 Å². The molecule has 2 aromatic carbocycles. The maximum Gasteiger partial charge on any atom is 0.245 e. The van der Waals surface area contributed by atoms with Crippen LogP contribution in [0.1, 0.15) is 76.2 Å². The zero-order chi connectivity index (χ0) is 26.3. The van der Waals surface area contributed by atoms with Crippen LogP contribution in [0, 0.1) is 17.8 Å². The third-order valence-electron chi connectivity index (χ3n) is 8.48. The molecule has 3 aliphatic rings. The molecular formula is C32H42N2O4. The molecule has 0 spiro atoms. The van der Waals surface area contributed by atoms with Crippen molar-refractivity contribution in [1.82, 2.24) is 10.2 Å². The van der Waals surface area contributed by atoms with Crippen LogP contribution in [0.25, 0.3) is 0 Å². The summed E-state index contributed by atoms with van der Waals surface area (Å²) in [6.07, 6.45) is 10.3. The molecule has 204 valence electrons. The number of rotatable bonds is 11. The van der Waals surface area contributed by atoms with Crippen molar-refractivity contribution in [2.24, 2.45) is 17.8 Å². The molecule has 0 bridgehead atoms. The highest BCUT2D eigenvalue weighted by Gasteiger charge is 2.37. The summed E-state index contributed by atoms with van der Waals surface area (Å²) in [5.41, 5.74) is 0.998. The van der Waals surface area contributed by atoms with Crippen LogP contribution >= 0.6 is 0 Å². The first-order valence-corrected chi connectivity index (χ1v) is 14.6. The van der Waals surface area contributed by atoms with Gasteiger partial charge in [0, 0.05) is 13.1 Å². The zero-order valence-electron chi connectivity index (χ0n) is 22.4. The Morgan fingerprint density at radius 1 is 0.895 bits per heavy atom. The number of ether oxygens (including phenoxy) is 1. The number of nitrogens with one attached hydrogen (secondary N) is 1. The van der Waals surface area contributed by atoms with Crippen LogP contribution in [0.2, 0.25) is 0 Å². The van der Waals surface area contributed by atoms with E-state index in [0.29, 0.717) is 37.8 Å². The van der Waals surface area contributed by atoms with Gasteiger partial charge < -0.3 is 20.1 Å². The van der Waals surface area contributed by atoms with E-state index in [4.69, 9.17) is 4.74 Å². The number of amides is 2. The van der Waals surface area contributed by atoms with Crippen LogP contribution in [-0.2, 0) is 16.1 Å². The van der Waals surface area contributed by atoms with Gasteiger partial charge >= 0.3 is 0 Å². The van der Waals surface area contributed by atoms with Gasteiger partial charge in [-0.15, -0.1) is 0 Å². The number of aliphatic hydroxyl groups is 1. The molecule has 3 atom stereocenters. The first-order valence-electron chi connectivity index (χ1n) is 14.6. The first kappa shape index (κ1) is 26.7. The maximum atomic E-state index is 13.6. The number of aliphatic hydroxyl groups excluding tert-OH is 1. The van der Waals surface area contributed by atoms with Gasteiger partial charge in [0.15, 0.2) is 0 Å². The van der Waals surface area contributed by atoms with Gasteiger partial charge in [0.1, 0.15) is 17.5 Å². The topological polar surface area (TPSA) is 78.9 Å². The lowest BCUT2D eigenvalue weighted by molar-refractivity contribution is -0.139. The summed E-state index contributed by atoms with van der Waals surface area (Å²) in [7, 11) is 0. The normalized spacial score (nSPS) is 22.1. The first-order chi connectivity index (χ1) is 18.5. The lowest BCUT2D eigenvalue weighted by atomic mass is 9.87. The van der Waals surface area contributed by atoms with Gasteiger partial charge in [-0.05, 0) is 73.8 Å². The second-order valence-electron chi connectivity index (χ2n) is 11.6. The Balaban J connectivity index is 1.22. The van der Waals surface area contributed by atoms with E-state index in [9.17, 15) is 14.7 Å². The second kappa shape index (κ2) is 12.8. The van der Waals surface area contributed by atoms with Crippen LogP contribution < -0.4 is 10.1 Å². The second-order valence-corrected chi connectivity index (χ2v) is 11.6. The molecule has 6 nitrogen and oxygen atoms in total. The van der Waals surface area contributed by atoms with E-state index < -0.39 is 18.1 Å². The summed E-state index contributed by atoms with van der Waals surface area (Å²) in [6.45, 7) is 1.15. The molecule has 3 fully saturated rings. The van der Waals surface area contributed by atoms with Gasteiger partial charge in [-0.1, -0.05) is 68.9 Å². The van der Waals surface area contributed by atoms with Crippen molar-refractivity contribution in [3.8, 4) is 11.5 Å². The fraction of sp³-hybridized carbons (Fsp3) is 0.562. The van der Waals surface area contributed by atoms with Crippen LogP contribution in [0.5, 0.6) is 11.5 Å². The highest BCUT2D eigenvalue weighted by molar-refractivity contribution is 5.89. The summed E-state index contributed by atoms with van der Waals surface area (Å²) in [5.74, 6) is 1.99. The minimum atomic E-state index is -0.622. The van der Waals surface area contributed by atoms with Crippen LogP contribution in [0.15, 0.2) is 54.6 Å². The smallest absolute Gasteiger partial charge is 0.245 e. The van der Waals surface area contributed by atoms with Crippen molar-refractivity contribution in [3.05, 3.63) is 60.2 Å². The number of likely N-dealkylation sites (tertiary alicyclic amines) is 1. The Kier molecular flexibility index (Phi) is 9.00. The molecule has 38 heavy (non-hydrogen) atoms. The Morgan fingerprint density at radius 2 is 1.61 bits per heavy atom. The van der Waals surface area contributed by atoms with Gasteiger partial charge in [-0.3, -0.25) is 9.59 Å². The lowest BCUT2D eigenvalue weighted by Crippen LogP contribution is -2.50. The Hall–Kier alpha value is -2.86. The molecule has 2 aromatic rings. The highest BCUT2D eigenvalue weighted by Crippen LogP contribution is 2.38. The molecule has 2 aliphatic carbocycles. The third kappa shape index (κ3) is 7.37. The van der Waals surface area contributed by atoms with Gasteiger partial charge in [-0.25, -0.2) is 0 Å². The molecule has 0 aromatic heterocycles. The van der Waals surface area contributed by atoms with E-state index >= 15 is 0 Å². The molecule has 2 N–H and O–H groups in total. The molecular weight excluding hydrogens is 476 g/mol. The summed E-state index contributed by atoms with van der Waals surface area (Å²) >= 11 is 0. The monoisotopic (exact) mass is 518 g/mol. The van der Waals surface area contributed by atoms with Gasteiger partial charge in [-0.2, -0.15) is 0 Å². The lowest BCUT2D eigenvalue weighted by Gasteiger charge is -2.28. The van der Waals surface area contributed by atoms with Crippen molar-refractivity contribution in [2.45, 2.75) is 89.3 Å². The number of hydrogen-bond donors (Lipinski definition) is 2. The predicted molar refractivity (Wildman–Crippen MR) is 148 cm³/mol. The third-order valence-corrected chi connectivity index (χ3v) is 8.48. The SMILES string of the molecule is O=C(NC1CCCCN(Cc2cccc(Oc3ccccc3)c2)C1=O)[C@H](CC1CC1)[C@@H](O)CC1CCCC1. The van der Waals surface area contributed by atoms with Crippen molar-refractivity contribution >= 4 is 11.8 Å². The number of benzene rings is 2. The van der Waals surface area contributed by atoms with Gasteiger partial charge in [0.25, 0.3) is 0 Å².